The smallest absolute Gasteiger partial charge is 0.306 e. The van der Waals surface area contributed by atoms with E-state index in [1.54, 1.807) is 12.1 Å². The summed E-state index contributed by atoms with van der Waals surface area (Å²) in [6, 6.07) is 10.2. The summed E-state index contributed by atoms with van der Waals surface area (Å²) in [6.45, 7) is -0.506. The van der Waals surface area contributed by atoms with Gasteiger partial charge in [0, 0.05) is 35.7 Å². The predicted octanol–water partition coefficient (Wildman–Crippen LogP) is 3.55. The topological polar surface area (TPSA) is 137 Å². The van der Waals surface area contributed by atoms with Crippen molar-refractivity contribution < 1.29 is 28.8 Å². The largest absolute Gasteiger partial charge is 0.495 e. The van der Waals surface area contributed by atoms with E-state index in [4.69, 9.17) is 21.1 Å². The highest BCUT2D eigenvalue weighted by Crippen LogP contribution is 2.27. The second-order valence-corrected chi connectivity index (χ2v) is 6.70. The van der Waals surface area contributed by atoms with Gasteiger partial charge in [0.05, 0.1) is 17.7 Å². The maximum absolute atomic E-state index is 12.0. The van der Waals surface area contributed by atoms with Crippen molar-refractivity contribution in [1.82, 2.24) is 0 Å². The molecule has 0 radical (unpaired) electrons. The zero-order valence-electron chi connectivity index (χ0n) is 16.6. The second kappa shape index (κ2) is 11.5. The van der Waals surface area contributed by atoms with Crippen LogP contribution in [0.4, 0.5) is 17.1 Å². The standard InChI is InChI=1S/C20H20ClN3O7/c1-30-17-9-8-13(21)10-16(17)23-19(26)12-31-20(27)7-3-6-18(25)22-14-4-2-5-15(11-14)24(28)29/h2,4-5,8-11H,3,6-7,12H2,1H3,(H,22,25)(H,23,26). The molecule has 2 rings (SSSR count). The number of benzene rings is 2. The number of carbonyl (C=O) groups is 3. The lowest BCUT2D eigenvalue weighted by Crippen LogP contribution is -2.21. The third kappa shape index (κ3) is 7.94. The van der Waals surface area contributed by atoms with E-state index in [1.807, 2.05) is 0 Å². The molecule has 0 aliphatic rings. The molecule has 0 unspecified atom stereocenters. The van der Waals surface area contributed by atoms with Crippen molar-refractivity contribution in [2.45, 2.75) is 19.3 Å². The number of hydrogen-bond donors (Lipinski definition) is 2. The number of non-ortho nitro benzene ring substituents is 1. The molecule has 0 fully saturated rings. The first-order chi connectivity index (χ1) is 14.8. The molecule has 2 aromatic carbocycles. The average molecular weight is 450 g/mol. The first-order valence-electron chi connectivity index (χ1n) is 9.12. The molecule has 0 aromatic heterocycles. The summed E-state index contributed by atoms with van der Waals surface area (Å²) in [4.78, 5) is 45.8. The monoisotopic (exact) mass is 449 g/mol. The first kappa shape index (κ1) is 23.6. The highest BCUT2D eigenvalue weighted by atomic mass is 35.5. The van der Waals surface area contributed by atoms with Gasteiger partial charge in [-0.25, -0.2) is 0 Å². The van der Waals surface area contributed by atoms with Gasteiger partial charge in [-0.2, -0.15) is 0 Å². The molecule has 31 heavy (non-hydrogen) atoms. The normalized spacial score (nSPS) is 10.1. The maximum atomic E-state index is 12.0. The van der Waals surface area contributed by atoms with E-state index in [1.165, 1.54) is 37.4 Å². The van der Waals surface area contributed by atoms with Gasteiger partial charge >= 0.3 is 5.97 Å². The van der Waals surface area contributed by atoms with Crippen LogP contribution in [0.5, 0.6) is 5.75 Å². The van der Waals surface area contributed by atoms with E-state index in [0.717, 1.165) is 0 Å². The lowest BCUT2D eigenvalue weighted by Gasteiger charge is -2.11. The minimum absolute atomic E-state index is 0.00367. The molecule has 0 saturated carbocycles. The minimum atomic E-state index is -0.642. The number of nitro benzene ring substituents is 1. The highest BCUT2D eigenvalue weighted by Gasteiger charge is 2.13. The highest BCUT2D eigenvalue weighted by molar-refractivity contribution is 6.31. The van der Waals surface area contributed by atoms with Crippen molar-refractivity contribution in [3.05, 3.63) is 57.6 Å². The van der Waals surface area contributed by atoms with Crippen molar-refractivity contribution in [3.8, 4) is 5.75 Å². The van der Waals surface area contributed by atoms with Crippen LogP contribution < -0.4 is 15.4 Å². The van der Waals surface area contributed by atoms with Gasteiger partial charge in [0.25, 0.3) is 11.6 Å². The summed E-state index contributed by atoms with van der Waals surface area (Å²) >= 11 is 5.89. The fourth-order valence-corrected chi connectivity index (χ4v) is 2.67. The molecule has 2 N–H and O–H groups in total. The number of methoxy groups -OCH3 is 1. The van der Waals surface area contributed by atoms with Gasteiger partial charge in [-0.1, -0.05) is 17.7 Å². The molecule has 0 aliphatic heterocycles. The van der Waals surface area contributed by atoms with Crippen molar-refractivity contribution >= 4 is 46.4 Å². The van der Waals surface area contributed by atoms with E-state index >= 15 is 0 Å². The Hall–Kier alpha value is -3.66. The van der Waals surface area contributed by atoms with Gasteiger partial charge < -0.3 is 20.1 Å². The number of nitrogens with zero attached hydrogens (tertiary/aromatic N) is 1. The fraction of sp³-hybridized carbons (Fsp3) is 0.250. The zero-order valence-corrected chi connectivity index (χ0v) is 17.3. The number of carbonyl (C=O) groups excluding carboxylic acids is 3. The average Bonchev–Trinajstić information content (AvgIpc) is 2.72. The van der Waals surface area contributed by atoms with Crippen LogP contribution in [0.15, 0.2) is 42.5 Å². The van der Waals surface area contributed by atoms with Crippen LogP contribution in [0.3, 0.4) is 0 Å². The molecule has 164 valence electrons. The Morgan fingerprint density at radius 1 is 1.06 bits per heavy atom. The fourth-order valence-electron chi connectivity index (χ4n) is 2.50. The van der Waals surface area contributed by atoms with Gasteiger partial charge in [-0.05, 0) is 30.7 Å². The van der Waals surface area contributed by atoms with Gasteiger partial charge in [0.15, 0.2) is 6.61 Å². The number of nitro groups is 1. The molecule has 0 saturated heterocycles. The molecule has 0 heterocycles. The van der Waals surface area contributed by atoms with Gasteiger partial charge in [0.2, 0.25) is 5.91 Å². The van der Waals surface area contributed by atoms with Crippen LogP contribution in [-0.4, -0.2) is 36.4 Å². The molecule has 0 bridgehead atoms. The number of anilines is 2. The molecular weight excluding hydrogens is 430 g/mol. The number of ether oxygens (including phenoxy) is 2. The van der Waals surface area contributed by atoms with Crippen molar-refractivity contribution in [3.63, 3.8) is 0 Å². The van der Waals surface area contributed by atoms with Crippen LogP contribution in [0.1, 0.15) is 19.3 Å². The number of amides is 2. The minimum Gasteiger partial charge on any atom is -0.495 e. The predicted molar refractivity (Wildman–Crippen MR) is 113 cm³/mol. The molecular formula is C20H20ClN3O7. The zero-order chi connectivity index (χ0) is 22.8. The quantitative estimate of drug-likeness (QED) is 0.321. The number of rotatable bonds is 10. The van der Waals surface area contributed by atoms with Crippen LogP contribution in [0.25, 0.3) is 0 Å². The first-order valence-corrected chi connectivity index (χ1v) is 9.49. The van der Waals surface area contributed by atoms with E-state index in [9.17, 15) is 24.5 Å². The summed E-state index contributed by atoms with van der Waals surface area (Å²) < 4.78 is 10.0. The van der Waals surface area contributed by atoms with Crippen LogP contribution in [-0.2, 0) is 19.1 Å². The second-order valence-electron chi connectivity index (χ2n) is 6.26. The molecule has 0 aliphatic carbocycles. The van der Waals surface area contributed by atoms with Gasteiger partial charge in [-0.15, -0.1) is 0 Å². The number of nitrogens with one attached hydrogen (secondary N) is 2. The Morgan fingerprint density at radius 3 is 2.55 bits per heavy atom. The van der Waals surface area contributed by atoms with Gasteiger partial charge in [-0.3, -0.25) is 24.5 Å². The van der Waals surface area contributed by atoms with Crippen LogP contribution in [0.2, 0.25) is 5.02 Å². The Kier molecular flexibility index (Phi) is 8.77. The summed E-state index contributed by atoms with van der Waals surface area (Å²) in [5.74, 6) is -1.22. The molecule has 2 amide bonds. The summed E-state index contributed by atoms with van der Waals surface area (Å²) in [5, 5.41) is 16.2. The lowest BCUT2D eigenvalue weighted by atomic mass is 10.2. The van der Waals surface area contributed by atoms with Crippen LogP contribution in [0, 0.1) is 10.1 Å². The van der Waals surface area contributed by atoms with Crippen molar-refractivity contribution in [1.29, 1.82) is 0 Å². The molecule has 11 heteroatoms. The van der Waals surface area contributed by atoms with Crippen LogP contribution >= 0.6 is 11.6 Å². The summed E-state index contributed by atoms with van der Waals surface area (Å²) in [7, 11) is 1.44. The third-order valence-electron chi connectivity index (χ3n) is 3.93. The summed E-state index contributed by atoms with van der Waals surface area (Å²) in [5.41, 5.74) is 0.485. The van der Waals surface area contributed by atoms with E-state index in [0.29, 0.717) is 16.5 Å². The Labute approximate surface area is 182 Å². The molecule has 10 nitrogen and oxygen atoms in total. The van der Waals surface area contributed by atoms with E-state index < -0.39 is 29.3 Å². The molecule has 0 spiro atoms. The van der Waals surface area contributed by atoms with Crippen molar-refractivity contribution in [2.75, 3.05) is 24.4 Å². The maximum Gasteiger partial charge on any atom is 0.306 e. The molecule has 2 aromatic rings. The number of esters is 1. The lowest BCUT2D eigenvalue weighted by molar-refractivity contribution is -0.384. The third-order valence-corrected chi connectivity index (χ3v) is 4.16. The van der Waals surface area contributed by atoms with Crippen molar-refractivity contribution in [2.24, 2.45) is 0 Å². The number of halogens is 1. The van der Waals surface area contributed by atoms with E-state index in [2.05, 4.69) is 10.6 Å². The SMILES string of the molecule is COc1ccc(Cl)cc1NC(=O)COC(=O)CCCC(=O)Nc1cccc([N+](=O)[O-])c1. The summed E-state index contributed by atoms with van der Waals surface area (Å²) in [6.07, 6.45) is 0.114. The molecule has 0 atom stereocenters. The van der Waals surface area contributed by atoms with E-state index in [-0.39, 0.29) is 30.6 Å². The Balaban J connectivity index is 1.70. The Morgan fingerprint density at radius 2 is 1.84 bits per heavy atom. The van der Waals surface area contributed by atoms with Gasteiger partial charge in [0.1, 0.15) is 5.75 Å². The Bertz CT molecular complexity index is 981. The number of hydrogen-bond acceptors (Lipinski definition) is 7.